The normalized spacial score (nSPS) is 14.2. The van der Waals surface area contributed by atoms with Crippen LogP contribution in [0.1, 0.15) is 36.8 Å². The molecule has 1 fully saturated rings. The van der Waals surface area contributed by atoms with Crippen molar-refractivity contribution in [2.45, 2.75) is 50.7 Å². The van der Waals surface area contributed by atoms with Gasteiger partial charge >= 0.3 is 0 Å². The average molecular weight is 604 g/mol. The first-order valence-corrected chi connectivity index (χ1v) is 13.9. The van der Waals surface area contributed by atoms with Crippen molar-refractivity contribution in [3.63, 3.8) is 0 Å². The van der Waals surface area contributed by atoms with E-state index in [4.69, 9.17) is 27.9 Å². The molecule has 0 saturated heterocycles. The smallest absolute Gasteiger partial charge is 0.261 e. The van der Waals surface area contributed by atoms with Crippen LogP contribution in [-0.2, 0) is 22.6 Å². The highest BCUT2D eigenvalue weighted by Gasteiger charge is 2.33. The van der Waals surface area contributed by atoms with Gasteiger partial charge in [-0.15, -0.1) is 0 Å². The van der Waals surface area contributed by atoms with Crippen molar-refractivity contribution in [2.75, 3.05) is 6.61 Å². The highest BCUT2D eigenvalue weighted by Crippen LogP contribution is 2.28. The molecule has 1 aliphatic rings. The third-order valence-electron chi connectivity index (χ3n) is 6.54. The number of hydrogen-bond donors (Lipinski definition) is 1. The summed E-state index contributed by atoms with van der Waals surface area (Å²) in [7, 11) is 0. The number of halogens is 3. The summed E-state index contributed by atoms with van der Waals surface area (Å²) in [5.74, 6) is 0.0413. The minimum absolute atomic E-state index is 0.0800. The lowest BCUT2D eigenvalue weighted by molar-refractivity contribution is -0.143. The molecule has 1 atom stereocenters. The number of hydrogen-bond acceptors (Lipinski definition) is 3. The van der Waals surface area contributed by atoms with E-state index in [1.54, 1.807) is 35.2 Å². The van der Waals surface area contributed by atoms with E-state index in [1.807, 2.05) is 42.5 Å². The number of ether oxygens (including phenoxy) is 1. The average Bonchev–Trinajstić information content (AvgIpc) is 3.40. The monoisotopic (exact) mass is 602 g/mol. The zero-order valence-electron chi connectivity index (χ0n) is 20.3. The quantitative estimate of drug-likeness (QED) is 0.276. The molecular weight excluding hydrogens is 575 g/mol. The van der Waals surface area contributed by atoms with Gasteiger partial charge in [-0.1, -0.05) is 88.4 Å². The van der Waals surface area contributed by atoms with E-state index in [0.717, 1.165) is 35.7 Å². The maximum absolute atomic E-state index is 13.7. The van der Waals surface area contributed by atoms with Gasteiger partial charge < -0.3 is 15.0 Å². The second-order valence-corrected chi connectivity index (χ2v) is 10.9. The number of nitrogens with zero attached hydrogens (tertiary/aromatic N) is 1. The number of nitrogens with one attached hydrogen (secondary N) is 1. The van der Waals surface area contributed by atoms with Crippen LogP contribution in [0, 0.1) is 0 Å². The van der Waals surface area contributed by atoms with E-state index in [-0.39, 0.29) is 31.0 Å². The first-order valence-electron chi connectivity index (χ1n) is 12.4. The Hall–Kier alpha value is -2.54. The van der Waals surface area contributed by atoms with Crippen LogP contribution in [0.2, 0.25) is 10.0 Å². The Morgan fingerprint density at radius 1 is 0.946 bits per heavy atom. The van der Waals surface area contributed by atoms with Crippen LogP contribution in [-0.4, -0.2) is 35.4 Å². The SMILES string of the molecule is O=C(NC1CCCC1)C(Cc1ccccc1)N(Cc1c(Cl)cccc1Cl)C(=O)COc1ccc(Br)cc1. The van der Waals surface area contributed by atoms with Crippen LogP contribution in [0.25, 0.3) is 0 Å². The van der Waals surface area contributed by atoms with Crippen molar-refractivity contribution in [3.8, 4) is 5.75 Å². The van der Waals surface area contributed by atoms with Crippen LogP contribution in [0.3, 0.4) is 0 Å². The second kappa shape index (κ2) is 13.3. The molecule has 194 valence electrons. The van der Waals surface area contributed by atoms with Crippen molar-refractivity contribution in [1.29, 1.82) is 0 Å². The largest absolute Gasteiger partial charge is 0.484 e. The Balaban J connectivity index is 1.64. The Kier molecular flexibility index (Phi) is 9.89. The second-order valence-electron chi connectivity index (χ2n) is 9.16. The van der Waals surface area contributed by atoms with Crippen molar-refractivity contribution in [3.05, 3.63) is 98.4 Å². The van der Waals surface area contributed by atoms with Gasteiger partial charge in [0.25, 0.3) is 5.91 Å². The maximum atomic E-state index is 13.7. The maximum Gasteiger partial charge on any atom is 0.261 e. The first-order chi connectivity index (χ1) is 17.9. The molecule has 1 unspecified atom stereocenters. The Bertz CT molecular complexity index is 1180. The Morgan fingerprint density at radius 2 is 1.59 bits per heavy atom. The molecule has 8 heteroatoms. The molecule has 1 saturated carbocycles. The van der Waals surface area contributed by atoms with Gasteiger partial charge in [-0.25, -0.2) is 0 Å². The summed E-state index contributed by atoms with van der Waals surface area (Å²) in [5.41, 5.74) is 1.54. The summed E-state index contributed by atoms with van der Waals surface area (Å²) in [6, 6.07) is 21.5. The number of amides is 2. The summed E-state index contributed by atoms with van der Waals surface area (Å²) in [6.45, 7) is -0.150. The standard InChI is InChI=1S/C29H29BrCl2N2O3/c30-21-13-15-23(16-14-21)37-19-28(35)34(18-24-25(31)11-6-12-26(24)32)27(17-20-7-2-1-3-8-20)29(36)33-22-9-4-5-10-22/h1-3,6-8,11-16,22,27H,4-5,9-10,17-19H2,(H,33,36). The number of rotatable bonds is 10. The number of benzene rings is 3. The van der Waals surface area contributed by atoms with E-state index in [0.29, 0.717) is 27.8 Å². The predicted octanol–water partition coefficient (Wildman–Crippen LogP) is 6.83. The molecule has 0 radical (unpaired) electrons. The van der Waals surface area contributed by atoms with Gasteiger partial charge in [0.2, 0.25) is 5.91 Å². The summed E-state index contributed by atoms with van der Waals surface area (Å²) < 4.78 is 6.72. The molecule has 0 bridgehead atoms. The molecule has 0 aromatic heterocycles. The molecule has 37 heavy (non-hydrogen) atoms. The van der Waals surface area contributed by atoms with Gasteiger partial charge in [0, 0.05) is 39.1 Å². The summed E-state index contributed by atoms with van der Waals surface area (Å²) in [5, 5.41) is 4.06. The summed E-state index contributed by atoms with van der Waals surface area (Å²) in [6.07, 6.45) is 4.42. The molecule has 5 nitrogen and oxygen atoms in total. The lowest BCUT2D eigenvalue weighted by atomic mass is 10.0. The van der Waals surface area contributed by atoms with E-state index in [9.17, 15) is 9.59 Å². The zero-order chi connectivity index (χ0) is 26.2. The lowest BCUT2D eigenvalue weighted by Crippen LogP contribution is -2.53. The van der Waals surface area contributed by atoms with Crippen molar-refractivity contribution in [1.82, 2.24) is 10.2 Å². The Morgan fingerprint density at radius 3 is 2.24 bits per heavy atom. The van der Waals surface area contributed by atoms with Crippen LogP contribution >= 0.6 is 39.1 Å². The minimum atomic E-state index is -0.767. The fourth-order valence-electron chi connectivity index (χ4n) is 4.53. The molecular formula is C29H29BrCl2N2O3. The molecule has 3 aromatic carbocycles. The molecule has 0 aliphatic heterocycles. The summed E-state index contributed by atoms with van der Waals surface area (Å²) >= 11 is 16.4. The van der Waals surface area contributed by atoms with Crippen LogP contribution in [0.15, 0.2) is 77.3 Å². The third kappa shape index (κ3) is 7.73. The highest BCUT2D eigenvalue weighted by molar-refractivity contribution is 9.10. The lowest BCUT2D eigenvalue weighted by Gasteiger charge is -2.32. The van der Waals surface area contributed by atoms with E-state index < -0.39 is 6.04 Å². The van der Waals surface area contributed by atoms with Gasteiger partial charge in [-0.3, -0.25) is 9.59 Å². The number of carbonyl (C=O) groups excluding carboxylic acids is 2. The third-order valence-corrected chi connectivity index (χ3v) is 7.78. The topological polar surface area (TPSA) is 58.6 Å². The zero-order valence-corrected chi connectivity index (χ0v) is 23.4. The van der Waals surface area contributed by atoms with Crippen molar-refractivity contribution >= 4 is 50.9 Å². The fourth-order valence-corrected chi connectivity index (χ4v) is 5.32. The highest BCUT2D eigenvalue weighted by atomic mass is 79.9. The van der Waals surface area contributed by atoms with Crippen LogP contribution < -0.4 is 10.1 Å². The fraction of sp³-hybridized carbons (Fsp3) is 0.310. The van der Waals surface area contributed by atoms with E-state index >= 15 is 0 Å². The van der Waals surface area contributed by atoms with Gasteiger partial charge in [0.15, 0.2) is 6.61 Å². The molecule has 0 spiro atoms. The summed E-state index contributed by atoms with van der Waals surface area (Å²) in [4.78, 5) is 29.0. The number of carbonyl (C=O) groups is 2. The van der Waals surface area contributed by atoms with Crippen LogP contribution in [0.5, 0.6) is 5.75 Å². The molecule has 2 amide bonds. The minimum Gasteiger partial charge on any atom is -0.484 e. The predicted molar refractivity (Wildman–Crippen MR) is 151 cm³/mol. The van der Waals surface area contributed by atoms with Gasteiger partial charge in [0.1, 0.15) is 11.8 Å². The molecule has 0 heterocycles. The van der Waals surface area contributed by atoms with E-state index in [1.165, 1.54) is 0 Å². The molecule has 1 aliphatic carbocycles. The van der Waals surface area contributed by atoms with Gasteiger partial charge in [-0.2, -0.15) is 0 Å². The molecule has 4 rings (SSSR count). The molecule has 3 aromatic rings. The van der Waals surface area contributed by atoms with Gasteiger partial charge in [0.05, 0.1) is 0 Å². The Labute approximate surface area is 236 Å². The van der Waals surface area contributed by atoms with Crippen LogP contribution in [0.4, 0.5) is 0 Å². The first kappa shape index (κ1) is 27.5. The van der Waals surface area contributed by atoms with Crippen molar-refractivity contribution in [2.24, 2.45) is 0 Å². The van der Waals surface area contributed by atoms with E-state index in [2.05, 4.69) is 21.2 Å². The van der Waals surface area contributed by atoms with Crippen molar-refractivity contribution < 1.29 is 14.3 Å². The molecule has 1 N–H and O–H groups in total. The van der Waals surface area contributed by atoms with Gasteiger partial charge in [-0.05, 0) is 54.8 Å².